The number of hydrogen-bond acceptors (Lipinski definition) is 5. The fourth-order valence-electron chi connectivity index (χ4n) is 3.96. The molecule has 0 saturated heterocycles. The molecule has 0 spiro atoms. The molecule has 2 N–H and O–H groups in total. The molecule has 0 bridgehead atoms. The van der Waals surface area contributed by atoms with Crippen molar-refractivity contribution < 1.29 is 13.5 Å². The summed E-state index contributed by atoms with van der Waals surface area (Å²) in [5, 5.41) is 10.8. The Bertz CT molecular complexity index is 1520. The van der Waals surface area contributed by atoms with Gasteiger partial charge in [0, 0.05) is 10.6 Å². The zero-order valence-electron chi connectivity index (χ0n) is 16.4. The van der Waals surface area contributed by atoms with Crippen molar-refractivity contribution in [3.05, 3.63) is 111 Å². The highest BCUT2D eigenvalue weighted by Gasteiger charge is 2.36. The smallest absolute Gasteiger partial charge is 0.344 e. The van der Waals surface area contributed by atoms with E-state index >= 15 is 4.39 Å². The molecule has 5 rings (SSSR count). The van der Waals surface area contributed by atoms with E-state index in [4.69, 9.17) is 26.5 Å². The number of fused-ring (bicyclic) bond motifs is 3. The Balaban J connectivity index is 1.73. The highest BCUT2D eigenvalue weighted by atomic mass is 35.5. The Hall–Kier alpha value is -4.08. The van der Waals surface area contributed by atoms with Gasteiger partial charge in [0.2, 0.25) is 5.88 Å². The van der Waals surface area contributed by atoms with E-state index in [1.807, 2.05) is 6.07 Å². The summed E-state index contributed by atoms with van der Waals surface area (Å²) in [6, 6.07) is 20.3. The van der Waals surface area contributed by atoms with Crippen LogP contribution in [-0.2, 0) is 0 Å². The number of halogens is 2. The van der Waals surface area contributed by atoms with Crippen molar-refractivity contribution in [3.63, 3.8) is 0 Å². The van der Waals surface area contributed by atoms with Crippen LogP contribution in [0, 0.1) is 17.1 Å². The molecule has 5 nitrogen and oxygen atoms in total. The van der Waals surface area contributed by atoms with Crippen molar-refractivity contribution in [2.45, 2.75) is 5.92 Å². The van der Waals surface area contributed by atoms with E-state index in [2.05, 4.69) is 0 Å². The van der Waals surface area contributed by atoms with E-state index in [1.165, 1.54) is 12.1 Å². The molecular weight excluding hydrogens is 431 g/mol. The number of nitrogens with zero attached hydrogens (tertiary/aromatic N) is 1. The average Bonchev–Trinajstić information content (AvgIpc) is 2.79. The Morgan fingerprint density at radius 3 is 2.47 bits per heavy atom. The van der Waals surface area contributed by atoms with E-state index in [0.717, 1.165) is 5.56 Å². The molecule has 7 heteroatoms. The molecule has 32 heavy (non-hydrogen) atoms. The van der Waals surface area contributed by atoms with Crippen molar-refractivity contribution in [1.82, 2.24) is 0 Å². The first-order valence-corrected chi connectivity index (χ1v) is 10.0. The number of nitrogens with two attached hydrogens (primary N) is 1. The molecule has 1 aliphatic heterocycles. The molecule has 1 aromatic heterocycles. The first kappa shape index (κ1) is 19.9. The van der Waals surface area contributed by atoms with Gasteiger partial charge in [-0.2, -0.15) is 5.26 Å². The van der Waals surface area contributed by atoms with Crippen LogP contribution in [0.2, 0.25) is 5.02 Å². The largest absolute Gasteiger partial charge is 0.439 e. The number of allylic oxidation sites excluding steroid dienone is 1. The van der Waals surface area contributed by atoms with Gasteiger partial charge in [0.1, 0.15) is 23.0 Å². The predicted octanol–water partition coefficient (Wildman–Crippen LogP) is 5.47. The van der Waals surface area contributed by atoms with Gasteiger partial charge in [-0.25, -0.2) is 9.18 Å². The predicted molar refractivity (Wildman–Crippen MR) is 119 cm³/mol. The third-order valence-corrected chi connectivity index (χ3v) is 5.72. The van der Waals surface area contributed by atoms with Crippen LogP contribution in [0.3, 0.4) is 0 Å². The van der Waals surface area contributed by atoms with Crippen LogP contribution >= 0.6 is 11.6 Å². The SMILES string of the molecule is N#CC1=C(N)Oc2c(c(=O)oc3ccccc23)C1c1ccc(-c2ccc(Cl)cc2)cc1F. The number of benzene rings is 3. The summed E-state index contributed by atoms with van der Waals surface area (Å²) >= 11 is 5.94. The van der Waals surface area contributed by atoms with Crippen molar-refractivity contribution in [1.29, 1.82) is 5.26 Å². The maximum absolute atomic E-state index is 15.4. The lowest BCUT2D eigenvalue weighted by molar-refractivity contribution is 0.387. The van der Waals surface area contributed by atoms with E-state index in [0.29, 0.717) is 21.6 Å². The molecule has 0 aliphatic carbocycles. The molecule has 1 aliphatic rings. The van der Waals surface area contributed by atoms with Gasteiger partial charge < -0.3 is 14.9 Å². The molecular formula is C25H14ClFN2O3. The average molecular weight is 445 g/mol. The Kier molecular flexibility index (Phi) is 4.69. The summed E-state index contributed by atoms with van der Waals surface area (Å²) in [7, 11) is 0. The Morgan fingerprint density at radius 2 is 1.75 bits per heavy atom. The fraction of sp³-hybridized carbons (Fsp3) is 0.0400. The summed E-state index contributed by atoms with van der Waals surface area (Å²) in [6.07, 6.45) is 0. The lowest BCUT2D eigenvalue weighted by Crippen LogP contribution is -2.26. The maximum atomic E-state index is 15.4. The monoisotopic (exact) mass is 444 g/mol. The van der Waals surface area contributed by atoms with Gasteiger partial charge >= 0.3 is 5.63 Å². The lowest BCUT2D eigenvalue weighted by atomic mass is 9.83. The molecule has 1 atom stereocenters. The highest BCUT2D eigenvalue weighted by molar-refractivity contribution is 6.30. The molecule has 3 aromatic carbocycles. The van der Waals surface area contributed by atoms with Crippen LogP contribution in [0.5, 0.6) is 5.75 Å². The summed E-state index contributed by atoms with van der Waals surface area (Å²) in [5.41, 5.74) is 7.11. The number of rotatable bonds is 2. The topological polar surface area (TPSA) is 89.3 Å². The zero-order valence-corrected chi connectivity index (χ0v) is 17.2. The maximum Gasteiger partial charge on any atom is 0.344 e. The second-order valence-electron chi connectivity index (χ2n) is 7.30. The standard InChI is InChI=1S/C25H14ClFN2O3/c26-15-8-5-13(6-9-15)14-7-10-16(19(27)11-14)21-18(12-28)24(29)32-23-17-3-1-2-4-20(17)31-25(30)22(21)23/h1-11,21H,29H2. The van der Waals surface area contributed by atoms with Crippen molar-refractivity contribution in [2.24, 2.45) is 5.73 Å². The van der Waals surface area contributed by atoms with Crippen LogP contribution in [-0.4, -0.2) is 0 Å². The summed E-state index contributed by atoms with van der Waals surface area (Å²) in [4.78, 5) is 12.9. The van der Waals surface area contributed by atoms with Gasteiger partial charge in [0.15, 0.2) is 5.75 Å². The molecule has 156 valence electrons. The van der Waals surface area contributed by atoms with Crippen LogP contribution in [0.1, 0.15) is 17.0 Å². The minimum absolute atomic E-state index is 0.0348. The van der Waals surface area contributed by atoms with Gasteiger partial charge in [-0.3, -0.25) is 0 Å². The normalized spacial score (nSPS) is 15.2. The summed E-state index contributed by atoms with van der Waals surface area (Å²) in [5.74, 6) is -1.67. The molecule has 4 aromatic rings. The van der Waals surface area contributed by atoms with Gasteiger partial charge in [-0.15, -0.1) is 0 Å². The quantitative estimate of drug-likeness (QED) is 0.414. The van der Waals surface area contributed by atoms with Crippen molar-refractivity contribution in [3.8, 4) is 22.9 Å². The van der Waals surface area contributed by atoms with Crippen molar-refractivity contribution in [2.75, 3.05) is 0 Å². The molecule has 0 saturated carbocycles. The summed E-state index contributed by atoms with van der Waals surface area (Å²) in [6.45, 7) is 0. The third kappa shape index (κ3) is 3.11. The van der Waals surface area contributed by atoms with Gasteiger partial charge in [0.25, 0.3) is 0 Å². The van der Waals surface area contributed by atoms with Gasteiger partial charge in [-0.1, -0.05) is 48.0 Å². The van der Waals surface area contributed by atoms with Crippen molar-refractivity contribution >= 4 is 22.6 Å². The number of ether oxygens (including phenoxy) is 1. The first-order valence-electron chi connectivity index (χ1n) is 9.66. The van der Waals surface area contributed by atoms with E-state index in [9.17, 15) is 10.1 Å². The number of para-hydroxylation sites is 1. The van der Waals surface area contributed by atoms with E-state index in [-0.39, 0.29) is 28.3 Å². The molecule has 0 fully saturated rings. The minimum Gasteiger partial charge on any atom is -0.439 e. The second-order valence-corrected chi connectivity index (χ2v) is 7.73. The van der Waals surface area contributed by atoms with Crippen LogP contribution in [0.4, 0.5) is 4.39 Å². The molecule has 0 radical (unpaired) electrons. The van der Waals surface area contributed by atoms with Crippen LogP contribution in [0.15, 0.2) is 87.4 Å². The first-order chi connectivity index (χ1) is 15.5. The second kappa shape index (κ2) is 7.56. The minimum atomic E-state index is -1.07. The fourth-order valence-corrected chi connectivity index (χ4v) is 4.09. The van der Waals surface area contributed by atoms with Gasteiger partial charge in [0.05, 0.1) is 16.9 Å². The Morgan fingerprint density at radius 1 is 1.03 bits per heavy atom. The molecule has 2 heterocycles. The molecule has 1 unspecified atom stereocenters. The van der Waals surface area contributed by atoms with Crippen LogP contribution in [0.25, 0.3) is 22.1 Å². The highest BCUT2D eigenvalue weighted by Crippen LogP contribution is 2.44. The lowest BCUT2D eigenvalue weighted by Gasteiger charge is -2.26. The van der Waals surface area contributed by atoms with E-state index < -0.39 is 17.4 Å². The van der Waals surface area contributed by atoms with Crippen LogP contribution < -0.4 is 16.1 Å². The van der Waals surface area contributed by atoms with Gasteiger partial charge in [-0.05, 0) is 41.5 Å². The number of hydrogen-bond donors (Lipinski definition) is 1. The zero-order chi connectivity index (χ0) is 22.4. The van der Waals surface area contributed by atoms with E-state index in [1.54, 1.807) is 54.6 Å². The molecule has 0 amide bonds. The summed E-state index contributed by atoms with van der Waals surface area (Å²) < 4.78 is 26.5. The Labute approximate surface area is 186 Å². The third-order valence-electron chi connectivity index (χ3n) is 5.46. The number of nitriles is 1.